The van der Waals surface area contributed by atoms with Gasteiger partial charge in [0.15, 0.2) is 0 Å². The summed E-state index contributed by atoms with van der Waals surface area (Å²) < 4.78 is 0. The number of hydrogen-bond donors (Lipinski definition) is 0. The highest BCUT2D eigenvalue weighted by molar-refractivity contribution is 6.14. The van der Waals surface area contributed by atoms with Crippen LogP contribution in [0.1, 0.15) is 11.1 Å². The lowest BCUT2D eigenvalue weighted by Gasteiger charge is -2.08. The quantitative estimate of drug-likeness (QED) is 0.510. The number of fused-ring (bicyclic) bond motifs is 1. The van der Waals surface area contributed by atoms with E-state index in [1.165, 1.54) is 0 Å². The Bertz CT molecular complexity index is 946. The van der Waals surface area contributed by atoms with Crippen molar-refractivity contribution in [3.8, 4) is 0 Å². The van der Waals surface area contributed by atoms with Gasteiger partial charge in [0.05, 0.1) is 23.1 Å². The van der Waals surface area contributed by atoms with E-state index < -0.39 is 0 Å². The maximum Gasteiger partial charge on any atom is 0.0951 e. The van der Waals surface area contributed by atoms with Crippen molar-refractivity contribution in [3.05, 3.63) is 102 Å². The van der Waals surface area contributed by atoms with Crippen LogP contribution in [0.4, 0.5) is 5.69 Å². The van der Waals surface area contributed by atoms with Gasteiger partial charge in [-0.05, 0) is 6.07 Å². The smallest absolute Gasteiger partial charge is 0.0951 e. The molecule has 114 valence electrons. The van der Waals surface area contributed by atoms with Crippen molar-refractivity contribution in [2.24, 2.45) is 4.99 Å². The van der Waals surface area contributed by atoms with Gasteiger partial charge >= 0.3 is 0 Å². The van der Waals surface area contributed by atoms with E-state index in [0.29, 0.717) is 0 Å². The number of nitrogens with zero attached hydrogens (tertiary/aromatic N) is 3. The summed E-state index contributed by atoms with van der Waals surface area (Å²) in [6.07, 6.45) is 1.72. The number of aliphatic imine (C=N–C) groups is 1. The molecule has 0 radical (unpaired) electrons. The van der Waals surface area contributed by atoms with Crippen LogP contribution in [0.25, 0.3) is 10.9 Å². The first-order valence-electron chi connectivity index (χ1n) is 7.82. The van der Waals surface area contributed by atoms with Crippen molar-refractivity contribution >= 4 is 22.3 Å². The van der Waals surface area contributed by atoms with Gasteiger partial charge in [0.1, 0.15) is 0 Å². The van der Waals surface area contributed by atoms with E-state index in [0.717, 1.165) is 33.4 Å². The lowest BCUT2D eigenvalue weighted by molar-refractivity contribution is 1.07. The Kier molecular flexibility index (Phi) is 3.82. The molecular formula is C21H15N3. The van der Waals surface area contributed by atoms with Crippen molar-refractivity contribution in [3.63, 3.8) is 0 Å². The van der Waals surface area contributed by atoms with Gasteiger partial charge in [0.25, 0.3) is 0 Å². The van der Waals surface area contributed by atoms with Crippen LogP contribution in [-0.4, -0.2) is 15.9 Å². The topological polar surface area (TPSA) is 38.1 Å². The summed E-state index contributed by atoms with van der Waals surface area (Å²) in [5, 5.41) is 9.27. The zero-order valence-corrected chi connectivity index (χ0v) is 13.0. The normalized spacial score (nSPS) is 10.5. The van der Waals surface area contributed by atoms with E-state index in [-0.39, 0.29) is 0 Å². The molecule has 0 atom stereocenters. The molecule has 0 aliphatic heterocycles. The highest BCUT2D eigenvalue weighted by atomic mass is 15.1. The largest absolute Gasteiger partial charge is 0.245 e. The first kappa shape index (κ1) is 14.3. The highest BCUT2D eigenvalue weighted by Crippen LogP contribution is 2.25. The summed E-state index contributed by atoms with van der Waals surface area (Å²) in [5.74, 6) is 0. The maximum atomic E-state index is 4.94. The number of rotatable bonds is 3. The van der Waals surface area contributed by atoms with E-state index in [2.05, 4.69) is 34.5 Å². The van der Waals surface area contributed by atoms with Crippen LogP contribution in [0.2, 0.25) is 0 Å². The van der Waals surface area contributed by atoms with Crippen LogP contribution in [0.15, 0.2) is 96.1 Å². The first-order chi connectivity index (χ1) is 11.9. The summed E-state index contributed by atoms with van der Waals surface area (Å²) >= 11 is 0. The van der Waals surface area contributed by atoms with Crippen LogP contribution in [0.3, 0.4) is 0 Å². The zero-order chi connectivity index (χ0) is 16.2. The van der Waals surface area contributed by atoms with Crippen LogP contribution in [0, 0.1) is 0 Å². The SMILES string of the molecule is c1ccc(C(=Nc2cnnc3ccccc23)c2ccccc2)cc1. The number of aromatic nitrogens is 2. The predicted octanol–water partition coefficient (Wildman–Crippen LogP) is 4.80. The Morgan fingerprint density at radius 3 is 1.92 bits per heavy atom. The molecule has 24 heavy (non-hydrogen) atoms. The monoisotopic (exact) mass is 309 g/mol. The summed E-state index contributed by atoms with van der Waals surface area (Å²) in [6, 6.07) is 28.3. The van der Waals surface area contributed by atoms with E-state index >= 15 is 0 Å². The van der Waals surface area contributed by atoms with Gasteiger partial charge < -0.3 is 0 Å². The zero-order valence-electron chi connectivity index (χ0n) is 13.0. The van der Waals surface area contributed by atoms with Gasteiger partial charge in [-0.15, -0.1) is 0 Å². The molecule has 0 aliphatic rings. The van der Waals surface area contributed by atoms with Crippen LogP contribution < -0.4 is 0 Å². The molecule has 4 aromatic rings. The fraction of sp³-hybridized carbons (Fsp3) is 0. The first-order valence-corrected chi connectivity index (χ1v) is 7.82. The molecule has 0 amide bonds. The number of hydrogen-bond acceptors (Lipinski definition) is 3. The lowest BCUT2D eigenvalue weighted by atomic mass is 10.0. The van der Waals surface area contributed by atoms with Gasteiger partial charge in [-0.3, -0.25) is 0 Å². The fourth-order valence-electron chi connectivity index (χ4n) is 2.69. The Balaban J connectivity index is 1.95. The van der Waals surface area contributed by atoms with Crippen molar-refractivity contribution in [1.29, 1.82) is 0 Å². The molecule has 1 aromatic heterocycles. The average molecular weight is 309 g/mol. The van der Waals surface area contributed by atoms with Gasteiger partial charge in [-0.25, -0.2) is 4.99 Å². The molecule has 4 rings (SSSR count). The molecule has 0 fully saturated rings. The molecule has 0 N–H and O–H groups in total. The van der Waals surface area contributed by atoms with Crippen LogP contribution >= 0.6 is 0 Å². The molecular weight excluding hydrogens is 294 g/mol. The fourth-order valence-corrected chi connectivity index (χ4v) is 2.69. The minimum absolute atomic E-state index is 0.823. The second kappa shape index (κ2) is 6.42. The lowest BCUT2D eigenvalue weighted by Crippen LogP contribution is -2.02. The van der Waals surface area contributed by atoms with Gasteiger partial charge in [0.2, 0.25) is 0 Å². The molecule has 1 heterocycles. The molecule has 3 aromatic carbocycles. The van der Waals surface area contributed by atoms with Gasteiger partial charge in [-0.1, -0.05) is 78.9 Å². The van der Waals surface area contributed by atoms with E-state index in [1.807, 2.05) is 60.7 Å². The maximum absolute atomic E-state index is 4.94. The van der Waals surface area contributed by atoms with E-state index in [4.69, 9.17) is 4.99 Å². The third kappa shape index (κ3) is 2.79. The van der Waals surface area contributed by atoms with Gasteiger partial charge in [0, 0.05) is 16.5 Å². The Morgan fingerprint density at radius 1 is 0.667 bits per heavy atom. The molecule has 3 nitrogen and oxygen atoms in total. The number of benzene rings is 3. The molecule has 0 bridgehead atoms. The molecule has 0 saturated carbocycles. The second-order valence-corrected chi connectivity index (χ2v) is 5.44. The van der Waals surface area contributed by atoms with Gasteiger partial charge in [-0.2, -0.15) is 10.2 Å². The summed E-state index contributed by atoms with van der Waals surface area (Å²) in [7, 11) is 0. The summed E-state index contributed by atoms with van der Waals surface area (Å²) in [5.41, 5.74) is 4.74. The molecule has 0 spiro atoms. The molecule has 0 saturated heterocycles. The highest BCUT2D eigenvalue weighted by Gasteiger charge is 2.08. The summed E-state index contributed by atoms with van der Waals surface area (Å²) in [4.78, 5) is 4.94. The Morgan fingerprint density at radius 2 is 1.25 bits per heavy atom. The van der Waals surface area contributed by atoms with Crippen molar-refractivity contribution in [1.82, 2.24) is 10.2 Å². The summed E-state index contributed by atoms with van der Waals surface area (Å²) in [6.45, 7) is 0. The standard InChI is InChI=1S/C21H15N3/c1-3-9-16(10-4-1)21(17-11-5-2-6-12-17)23-20-15-22-24-19-14-8-7-13-18(19)20/h1-15H. The second-order valence-electron chi connectivity index (χ2n) is 5.44. The molecule has 3 heteroatoms. The van der Waals surface area contributed by atoms with E-state index in [1.54, 1.807) is 6.20 Å². The minimum atomic E-state index is 0.823. The third-order valence-corrected chi connectivity index (χ3v) is 3.85. The average Bonchev–Trinajstić information content (AvgIpc) is 2.67. The molecule has 0 unspecified atom stereocenters. The van der Waals surface area contributed by atoms with Crippen LogP contribution in [-0.2, 0) is 0 Å². The Labute approximate surface area is 140 Å². The van der Waals surface area contributed by atoms with E-state index in [9.17, 15) is 0 Å². The minimum Gasteiger partial charge on any atom is -0.245 e. The van der Waals surface area contributed by atoms with Crippen molar-refractivity contribution in [2.75, 3.05) is 0 Å². The third-order valence-electron chi connectivity index (χ3n) is 3.85. The predicted molar refractivity (Wildman–Crippen MR) is 97.7 cm³/mol. The Hall–Kier alpha value is -3.33. The molecule has 0 aliphatic carbocycles. The van der Waals surface area contributed by atoms with Crippen molar-refractivity contribution in [2.45, 2.75) is 0 Å². The van der Waals surface area contributed by atoms with Crippen LogP contribution in [0.5, 0.6) is 0 Å². The van der Waals surface area contributed by atoms with Crippen molar-refractivity contribution < 1.29 is 0 Å².